The van der Waals surface area contributed by atoms with Gasteiger partial charge >= 0.3 is 11.6 Å². The third kappa shape index (κ3) is 5.26. The maximum absolute atomic E-state index is 12.9. The van der Waals surface area contributed by atoms with E-state index in [1.165, 1.54) is 18.2 Å². The Hall–Kier alpha value is -2.97. The van der Waals surface area contributed by atoms with E-state index in [0.29, 0.717) is 24.0 Å². The molecule has 2 aromatic carbocycles. The number of hydrogen-bond donors (Lipinski definition) is 1. The van der Waals surface area contributed by atoms with E-state index >= 15 is 0 Å². The lowest BCUT2D eigenvalue weighted by atomic mass is 10.1. The second-order valence-electron chi connectivity index (χ2n) is 7.85. The molecule has 0 radical (unpaired) electrons. The maximum Gasteiger partial charge on any atom is 0.339 e. The molecule has 0 fully saturated rings. The zero-order chi connectivity index (χ0) is 23.5. The number of benzene rings is 2. The van der Waals surface area contributed by atoms with Gasteiger partial charge in [0.1, 0.15) is 17.4 Å². The predicted molar refractivity (Wildman–Crippen MR) is 122 cm³/mol. The number of aryl methyl sites for hydroxylation is 2. The van der Waals surface area contributed by atoms with Gasteiger partial charge in [0.05, 0.1) is 4.90 Å². The van der Waals surface area contributed by atoms with Gasteiger partial charge in [0.2, 0.25) is 10.0 Å². The Labute approximate surface area is 187 Å². The van der Waals surface area contributed by atoms with Crippen LogP contribution in [0.15, 0.2) is 56.6 Å². The number of unbranched alkanes of at least 4 members (excludes halogenated alkanes) is 1. The van der Waals surface area contributed by atoms with Crippen molar-refractivity contribution in [1.29, 1.82) is 0 Å². The second-order valence-corrected chi connectivity index (χ2v) is 9.56. The molecular formula is C24H27NO6S. The molecule has 0 aliphatic rings. The second kappa shape index (κ2) is 9.67. The molecule has 32 heavy (non-hydrogen) atoms. The Kier molecular flexibility index (Phi) is 7.16. The SMILES string of the molecule is CCCC[C@H](NS(=O)(=O)c1ccc(C)cc1)C(=O)Oc1ccc2c(C)c(C)c(=O)oc2c1. The normalized spacial score (nSPS) is 12.6. The summed E-state index contributed by atoms with van der Waals surface area (Å²) in [4.78, 5) is 24.9. The first-order valence-electron chi connectivity index (χ1n) is 10.5. The van der Waals surface area contributed by atoms with Crippen molar-refractivity contribution in [2.75, 3.05) is 0 Å². The number of carbonyl (C=O) groups is 1. The van der Waals surface area contributed by atoms with Gasteiger partial charge in [-0.05, 0) is 57.0 Å². The van der Waals surface area contributed by atoms with Gasteiger partial charge < -0.3 is 9.15 Å². The number of rotatable bonds is 8. The van der Waals surface area contributed by atoms with E-state index in [4.69, 9.17) is 9.15 Å². The van der Waals surface area contributed by atoms with Gasteiger partial charge in [-0.15, -0.1) is 0 Å². The lowest BCUT2D eigenvalue weighted by Crippen LogP contribution is -2.42. The van der Waals surface area contributed by atoms with Crippen LogP contribution in [0.25, 0.3) is 11.0 Å². The third-order valence-electron chi connectivity index (χ3n) is 5.41. The van der Waals surface area contributed by atoms with Crippen molar-refractivity contribution >= 4 is 27.0 Å². The van der Waals surface area contributed by atoms with Crippen LogP contribution in [0.3, 0.4) is 0 Å². The van der Waals surface area contributed by atoms with Crippen LogP contribution in [0.1, 0.15) is 42.9 Å². The monoisotopic (exact) mass is 457 g/mol. The molecule has 170 valence electrons. The minimum absolute atomic E-state index is 0.0794. The minimum atomic E-state index is -3.91. The van der Waals surface area contributed by atoms with Gasteiger partial charge in [0.15, 0.2) is 0 Å². The van der Waals surface area contributed by atoms with Crippen molar-refractivity contribution in [3.63, 3.8) is 0 Å². The summed E-state index contributed by atoms with van der Waals surface area (Å²) < 4.78 is 38.8. The highest BCUT2D eigenvalue weighted by atomic mass is 32.2. The minimum Gasteiger partial charge on any atom is -0.425 e. The molecule has 0 saturated heterocycles. The van der Waals surface area contributed by atoms with E-state index < -0.39 is 27.7 Å². The topological polar surface area (TPSA) is 103 Å². The number of nitrogens with one attached hydrogen (secondary N) is 1. The fraction of sp³-hybridized carbons (Fsp3) is 0.333. The summed E-state index contributed by atoms with van der Waals surface area (Å²) in [5.74, 6) is -0.551. The Morgan fingerprint density at radius 3 is 2.41 bits per heavy atom. The zero-order valence-electron chi connectivity index (χ0n) is 18.6. The molecule has 0 spiro atoms. The van der Waals surface area contributed by atoms with Crippen molar-refractivity contribution in [3.8, 4) is 5.75 Å². The molecule has 3 rings (SSSR count). The Bertz CT molecular complexity index is 1290. The lowest BCUT2D eigenvalue weighted by Gasteiger charge is -2.18. The molecule has 8 heteroatoms. The number of ether oxygens (including phenoxy) is 1. The molecule has 1 heterocycles. The molecule has 0 aliphatic carbocycles. The molecule has 0 saturated carbocycles. The van der Waals surface area contributed by atoms with Gasteiger partial charge in [-0.2, -0.15) is 4.72 Å². The maximum atomic E-state index is 12.9. The number of esters is 1. The van der Waals surface area contributed by atoms with Gasteiger partial charge in [-0.25, -0.2) is 18.0 Å². The summed E-state index contributed by atoms with van der Waals surface area (Å²) in [5.41, 5.74) is 2.09. The highest BCUT2D eigenvalue weighted by Gasteiger charge is 2.27. The Balaban J connectivity index is 1.85. The van der Waals surface area contributed by atoms with Crippen LogP contribution in [-0.4, -0.2) is 20.4 Å². The quantitative estimate of drug-likeness (QED) is 0.310. The largest absolute Gasteiger partial charge is 0.425 e. The molecule has 1 atom stereocenters. The summed E-state index contributed by atoms with van der Waals surface area (Å²) in [7, 11) is -3.91. The summed E-state index contributed by atoms with van der Waals surface area (Å²) in [5, 5.41) is 0.740. The molecule has 0 bridgehead atoms. The van der Waals surface area contributed by atoms with Crippen LogP contribution in [0.5, 0.6) is 5.75 Å². The van der Waals surface area contributed by atoms with Crippen molar-refractivity contribution in [3.05, 3.63) is 69.6 Å². The molecule has 1 aromatic heterocycles. The van der Waals surface area contributed by atoms with Crippen LogP contribution in [-0.2, 0) is 14.8 Å². The number of carbonyl (C=O) groups excluding carboxylic acids is 1. The number of hydrogen-bond acceptors (Lipinski definition) is 6. The summed E-state index contributed by atoms with van der Waals surface area (Å²) in [6.45, 7) is 7.32. The first-order valence-corrected chi connectivity index (χ1v) is 12.0. The van der Waals surface area contributed by atoms with E-state index in [1.807, 2.05) is 20.8 Å². The molecule has 7 nitrogen and oxygen atoms in total. The van der Waals surface area contributed by atoms with E-state index in [2.05, 4.69) is 4.72 Å². The smallest absolute Gasteiger partial charge is 0.339 e. The Morgan fingerprint density at radius 2 is 1.75 bits per heavy atom. The summed E-state index contributed by atoms with van der Waals surface area (Å²) in [6.07, 6.45) is 1.72. The van der Waals surface area contributed by atoms with Crippen molar-refractivity contribution in [2.24, 2.45) is 0 Å². The molecular weight excluding hydrogens is 430 g/mol. The Morgan fingerprint density at radius 1 is 1.06 bits per heavy atom. The molecule has 3 aromatic rings. The van der Waals surface area contributed by atoms with Gasteiger partial charge in [-0.3, -0.25) is 0 Å². The van der Waals surface area contributed by atoms with E-state index in [1.54, 1.807) is 31.2 Å². The average molecular weight is 458 g/mol. The van der Waals surface area contributed by atoms with Gasteiger partial charge in [0.25, 0.3) is 0 Å². The third-order valence-corrected chi connectivity index (χ3v) is 6.89. The van der Waals surface area contributed by atoms with Crippen molar-refractivity contribution in [2.45, 2.75) is 57.9 Å². The zero-order valence-corrected chi connectivity index (χ0v) is 19.4. The van der Waals surface area contributed by atoms with Gasteiger partial charge in [-0.1, -0.05) is 37.5 Å². The fourth-order valence-electron chi connectivity index (χ4n) is 3.29. The summed E-state index contributed by atoms with van der Waals surface area (Å²) in [6, 6.07) is 10.1. The predicted octanol–water partition coefficient (Wildman–Crippen LogP) is 4.16. The molecule has 0 aliphatic heterocycles. The number of sulfonamides is 1. The van der Waals surface area contributed by atoms with E-state index in [0.717, 1.165) is 22.9 Å². The van der Waals surface area contributed by atoms with Crippen molar-refractivity contribution < 1.29 is 22.4 Å². The van der Waals surface area contributed by atoms with E-state index in [9.17, 15) is 18.0 Å². The highest BCUT2D eigenvalue weighted by Crippen LogP contribution is 2.24. The van der Waals surface area contributed by atoms with Crippen LogP contribution < -0.4 is 15.1 Å². The average Bonchev–Trinajstić information content (AvgIpc) is 2.75. The summed E-state index contributed by atoms with van der Waals surface area (Å²) >= 11 is 0. The van der Waals surface area contributed by atoms with Crippen LogP contribution in [0.4, 0.5) is 0 Å². The number of fused-ring (bicyclic) bond motifs is 1. The highest BCUT2D eigenvalue weighted by molar-refractivity contribution is 7.89. The fourth-order valence-corrected chi connectivity index (χ4v) is 4.50. The molecule has 0 amide bonds. The molecule has 1 N–H and O–H groups in total. The van der Waals surface area contributed by atoms with Gasteiger partial charge in [0, 0.05) is 17.0 Å². The standard InChI is InChI=1S/C24H27NO6S/c1-5-6-7-21(25-32(28,29)19-11-8-15(2)9-12-19)24(27)30-18-10-13-20-16(3)17(4)23(26)31-22(20)14-18/h8-14,21,25H,5-7H2,1-4H3/t21-/m0/s1. The van der Waals surface area contributed by atoms with Crippen LogP contribution >= 0.6 is 0 Å². The first-order chi connectivity index (χ1) is 15.1. The molecule has 0 unspecified atom stereocenters. The lowest BCUT2D eigenvalue weighted by molar-refractivity contribution is -0.136. The van der Waals surface area contributed by atoms with E-state index in [-0.39, 0.29) is 10.6 Å². The van der Waals surface area contributed by atoms with Crippen LogP contribution in [0, 0.1) is 20.8 Å². The van der Waals surface area contributed by atoms with Crippen molar-refractivity contribution in [1.82, 2.24) is 4.72 Å². The first kappa shape index (κ1) is 23.7. The van der Waals surface area contributed by atoms with Crippen LogP contribution in [0.2, 0.25) is 0 Å².